The zero-order valence-corrected chi connectivity index (χ0v) is 11.0. The van der Waals surface area contributed by atoms with Gasteiger partial charge in [-0.05, 0) is 13.5 Å². The van der Waals surface area contributed by atoms with Crippen molar-refractivity contribution in [2.75, 3.05) is 13.7 Å². The van der Waals surface area contributed by atoms with Gasteiger partial charge in [0.15, 0.2) is 5.78 Å². The Hall–Kier alpha value is -1.68. The van der Waals surface area contributed by atoms with Crippen LogP contribution in [-0.2, 0) is 9.53 Å². The molecule has 0 aliphatic rings. The largest absolute Gasteiger partial charge is 0.469 e. The van der Waals surface area contributed by atoms with E-state index in [1.54, 1.807) is 12.1 Å². The van der Waals surface area contributed by atoms with Crippen molar-refractivity contribution in [2.45, 2.75) is 26.3 Å². The number of nitrogens with one attached hydrogen (secondary N) is 1. The van der Waals surface area contributed by atoms with Crippen molar-refractivity contribution in [1.82, 2.24) is 5.32 Å². The minimum atomic E-state index is -0.523. The third-order valence-electron chi connectivity index (χ3n) is 2.70. The van der Waals surface area contributed by atoms with Crippen molar-refractivity contribution >= 4 is 11.8 Å². The van der Waals surface area contributed by atoms with Gasteiger partial charge < -0.3 is 10.1 Å². The third-order valence-corrected chi connectivity index (χ3v) is 2.70. The zero-order valence-electron chi connectivity index (χ0n) is 11.0. The number of Topliss-reactive ketones (excluding diaryl/α,β-unsaturated/α-hetero) is 1. The molecule has 0 saturated heterocycles. The SMILES string of the molecule is CCNC(CC(=O)OC)C(=O)c1ccc(C)cc1. The number of aryl methyl sites for hydroxylation is 1. The van der Waals surface area contributed by atoms with Crippen LogP contribution in [0.1, 0.15) is 29.3 Å². The lowest BCUT2D eigenvalue weighted by molar-refractivity contribution is -0.140. The summed E-state index contributed by atoms with van der Waals surface area (Å²) in [6.07, 6.45) is 0.0526. The first kappa shape index (κ1) is 14.4. The van der Waals surface area contributed by atoms with Gasteiger partial charge in [-0.1, -0.05) is 36.8 Å². The van der Waals surface area contributed by atoms with Crippen molar-refractivity contribution in [3.8, 4) is 0 Å². The Labute approximate surface area is 107 Å². The second kappa shape index (κ2) is 6.91. The van der Waals surface area contributed by atoms with Gasteiger partial charge in [0.2, 0.25) is 0 Å². The molecule has 0 heterocycles. The van der Waals surface area contributed by atoms with Crippen molar-refractivity contribution < 1.29 is 14.3 Å². The first-order chi connectivity index (χ1) is 8.58. The van der Waals surface area contributed by atoms with Crippen LogP contribution in [0.4, 0.5) is 0 Å². The van der Waals surface area contributed by atoms with E-state index < -0.39 is 6.04 Å². The molecule has 0 saturated carbocycles. The van der Waals surface area contributed by atoms with Gasteiger partial charge in [0.25, 0.3) is 0 Å². The summed E-state index contributed by atoms with van der Waals surface area (Å²) in [5.74, 6) is -0.469. The first-order valence-electron chi connectivity index (χ1n) is 5.99. The maximum Gasteiger partial charge on any atom is 0.307 e. The summed E-state index contributed by atoms with van der Waals surface area (Å²) in [6.45, 7) is 4.48. The average Bonchev–Trinajstić information content (AvgIpc) is 2.38. The summed E-state index contributed by atoms with van der Waals surface area (Å²) in [6, 6.07) is 6.80. The van der Waals surface area contributed by atoms with E-state index in [9.17, 15) is 9.59 Å². The van der Waals surface area contributed by atoms with Gasteiger partial charge in [-0.15, -0.1) is 0 Å². The fourth-order valence-corrected chi connectivity index (χ4v) is 1.67. The Kier molecular flexibility index (Phi) is 5.52. The summed E-state index contributed by atoms with van der Waals surface area (Å²) < 4.78 is 4.60. The molecule has 18 heavy (non-hydrogen) atoms. The standard InChI is InChI=1S/C14H19NO3/c1-4-15-12(9-13(16)18-3)14(17)11-7-5-10(2)6-8-11/h5-8,12,15H,4,9H2,1-3H3. The van der Waals surface area contributed by atoms with E-state index in [4.69, 9.17) is 0 Å². The summed E-state index contributed by atoms with van der Waals surface area (Å²) in [5.41, 5.74) is 1.70. The maximum absolute atomic E-state index is 12.2. The number of carbonyl (C=O) groups excluding carboxylic acids is 2. The van der Waals surface area contributed by atoms with Crippen molar-refractivity contribution in [2.24, 2.45) is 0 Å². The minimum absolute atomic E-state index is 0.0526. The van der Waals surface area contributed by atoms with Gasteiger partial charge in [-0.25, -0.2) is 0 Å². The predicted octanol–water partition coefficient (Wildman–Crippen LogP) is 1.72. The van der Waals surface area contributed by atoms with E-state index in [-0.39, 0.29) is 18.2 Å². The van der Waals surface area contributed by atoms with E-state index in [1.807, 2.05) is 26.0 Å². The molecule has 1 aromatic rings. The number of methoxy groups -OCH3 is 1. The number of likely N-dealkylation sites (N-methyl/N-ethyl adjacent to an activating group) is 1. The highest BCUT2D eigenvalue weighted by Crippen LogP contribution is 2.09. The molecule has 0 aliphatic carbocycles. The van der Waals surface area contributed by atoms with Crippen LogP contribution in [0.3, 0.4) is 0 Å². The number of carbonyl (C=O) groups is 2. The quantitative estimate of drug-likeness (QED) is 0.616. The lowest BCUT2D eigenvalue weighted by Crippen LogP contribution is -2.38. The van der Waals surface area contributed by atoms with Crippen LogP contribution in [-0.4, -0.2) is 31.4 Å². The van der Waals surface area contributed by atoms with E-state index in [2.05, 4.69) is 10.1 Å². The molecule has 0 amide bonds. The van der Waals surface area contributed by atoms with Crippen LogP contribution in [0.2, 0.25) is 0 Å². The van der Waals surface area contributed by atoms with Gasteiger partial charge >= 0.3 is 5.97 Å². The fourth-order valence-electron chi connectivity index (χ4n) is 1.67. The number of rotatable bonds is 6. The summed E-state index contributed by atoms with van der Waals surface area (Å²) in [7, 11) is 1.32. The zero-order chi connectivity index (χ0) is 13.5. The molecule has 0 aromatic heterocycles. The molecule has 0 bridgehead atoms. The van der Waals surface area contributed by atoms with Crippen molar-refractivity contribution in [1.29, 1.82) is 0 Å². The van der Waals surface area contributed by atoms with E-state index in [0.717, 1.165) is 5.56 Å². The first-order valence-corrected chi connectivity index (χ1v) is 5.99. The number of benzene rings is 1. The minimum Gasteiger partial charge on any atom is -0.469 e. The van der Waals surface area contributed by atoms with Crippen LogP contribution >= 0.6 is 0 Å². The average molecular weight is 249 g/mol. The third kappa shape index (κ3) is 3.96. The smallest absolute Gasteiger partial charge is 0.307 e. The number of hydrogen-bond donors (Lipinski definition) is 1. The van der Waals surface area contributed by atoms with Crippen LogP contribution < -0.4 is 5.32 Å². The molecule has 4 heteroatoms. The highest BCUT2D eigenvalue weighted by Gasteiger charge is 2.22. The van der Waals surface area contributed by atoms with Gasteiger partial charge in [0.05, 0.1) is 19.6 Å². The van der Waals surface area contributed by atoms with E-state index in [1.165, 1.54) is 7.11 Å². The van der Waals surface area contributed by atoms with Gasteiger partial charge in [0, 0.05) is 5.56 Å². The molecule has 1 rings (SSSR count). The molecule has 1 atom stereocenters. The van der Waals surface area contributed by atoms with E-state index in [0.29, 0.717) is 12.1 Å². The Morgan fingerprint density at radius 3 is 2.39 bits per heavy atom. The Morgan fingerprint density at radius 1 is 1.28 bits per heavy atom. The predicted molar refractivity (Wildman–Crippen MR) is 69.6 cm³/mol. The molecule has 1 unspecified atom stereocenters. The van der Waals surface area contributed by atoms with Gasteiger partial charge in [-0.2, -0.15) is 0 Å². The molecule has 0 radical (unpaired) electrons. The topological polar surface area (TPSA) is 55.4 Å². The monoisotopic (exact) mass is 249 g/mol. The van der Waals surface area contributed by atoms with Crippen LogP contribution in [0.5, 0.6) is 0 Å². The maximum atomic E-state index is 12.2. The Bertz CT molecular complexity index is 412. The van der Waals surface area contributed by atoms with E-state index >= 15 is 0 Å². The Morgan fingerprint density at radius 2 is 1.89 bits per heavy atom. The van der Waals surface area contributed by atoms with Gasteiger partial charge in [-0.3, -0.25) is 9.59 Å². The number of esters is 1. The van der Waals surface area contributed by atoms with Crippen molar-refractivity contribution in [3.63, 3.8) is 0 Å². The number of ether oxygens (including phenoxy) is 1. The molecule has 1 N–H and O–H groups in total. The van der Waals surface area contributed by atoms with Crippen LogP contribution in [0.15, 0.2) is 24.3 Å². The van der Waals surface area contributed by atoms with Crippen LogP contribution in [0, 0.1) is 6.92 Å². The normalized spacial score (nSPS) is 11.9. The fraction of sp³-hybridized carbons (Fsp3) is 0.429. The lowest BCUT2D eigenvalue weighted by Gasteiger charge is -2.15. The summed E-state index contributed by atoms with van der Waals surface area (Å²) in [5, 5.41) is 3.01. The molecular weight excluding hydrogens is 230 g/mol. The molecule has 0 spiro atoms. The molecule has 1 aromatic carbocycles. The number of hydrogen-bond acceptors (Lipinski definition) is 4. The van der Waals surface area contributed by atoms with Crippen molar-refractivity contribution in [3.05, 3.63) is 35.4 Å². The number of ketones is 1. The summed E-state index contributed by atoms with van der Waals surface area (Å²) in [4.78, 5) is 23.5. The molecular formula is C14H19NO3. The molecule has 98 valence electrons. The van der Waals surface area contributed by atoms with Crippen LogP contribution in [0.25, 0.3) is 0 Å². The second-order valence-corrected chi connectivity index (χ2v) is 4.12. The highest BCUT2D eigenvalue weighted by atomic mass is 16.5. The Balaban J connectivity index is 2.81. The molecule has 0 fully saturated rings. The lowest BCUT2D eigenvalue weighted by atomic mass is 10.0. The highest BCUT2D eigenvalue weighted by molar-refractivity contribution is 6.01. The molecule has 0 aliphatic heterocycles. The summed E-state index contributed by atoms with van der Waals surface area (Å²) >= 11 is 0. The second-order valence-electron chi connectivity index (χ2n) is 4.12. The van der Waals surface area contributed by atoms with Gasteiger partial charge in [0.1, 0.15) is 0 Å². The molecule has 4 nitrogen and oxygen atoms in total.